The molecule has 1 amide bonds. The van der Waals surface area contributed by atoms with Crippen LogP contribution in [0.3, 0.4) is 0 Å². The number of benzene rings is 2. The summed E-state index contributed by atoms with van der Waals surface area (Å²) in [6.07, 6.45) is 0.457. The largest absolute Gasteiger partial charge is 0.497 e. The molecule has 1 N–H and O–H groups in total. The molecule has 0 radical (unpaired) electrons. The molecule has 0 heterocycles. The van der Waals surface area contributed by atoms with E-state index in [0.29, 0.717) is 17.9 Å². The first-order chi connectivity index (χ1) is 12.9. The smallest absolute Gasteiger partial charge is 0.306 e. The number of hydrogen-bond donors (Lipinski definition) is 1. The summed E-state index contributed by atoms with van der Waals surface area (Å²) in [6, 6.07) is 9.13. The second-order valence-electron chi connectivity index (χ2n) is 5.55. The van der Waals surface area contributed by atoms with Crippen molar-refractivity contribution in [2.24, 2.45) is 0 Å². The zero-order chi connectivity index (χ0) is 19.8. The van der Waals surface area contributed by atoms with E-state index >= 15 is 0 Å². The number of aryl methyl sites for hydroxylation is 1. The molecule has 0 saturated carbocycles. The van der Waals surface area contributed by atoms with Gasteiger partial charge in [-0.2, -0.15) is 0 Å². The van der Waals surface area contributed by atoms with E-state index in [1.165, 1.54) is 26.4 Å². The zero-order valence-electron chi connectivity index (χ0n) is 14.9. The number of ether oxygens (including phenoxy) is 3. The van der Waals surface area contributed by atoms with Crippen molar-refractivity contribution in [2.75, 3.05) is 26.1 Å². The van der Waals surface area contributed by atoms with Crippen LogP contribution < -0.4 is 14.8 Å². The maximum atomic E-state index is 13.6. The Morgan fingerprint density at radius 1 is 1.07 bits per heavy atom. The van der Waals surface area contributed by atoms with Gasteiger partial charge in [-0.3, -0.25) is 9.59 Å². The topological polar surface area (TPSA) is 73.9 Å². The number of carbonyl (C=O) groups is 2. The van der Waals surface area contributed by atoms with Gasteiger partial charge in [0.1, 0.15) is 17.3 Å². The van der Waals surface area contributed by atoms with Gasteiger partial charge in [0, 0.05) is 17.5 Å². The Kier molecular flexibility index (Phi) is 7.43. The molecule has 8 heteroatoms. The fourth-order valence-corrected chi connectivity index (χ4v) is 2.41. The molecule has 27 heavy (non-hydrogen) atoms. The van der Waals surface area contributed by atoms with Gasteiger partial charge in [0.15, 0.2) is 6.61 Å². The van der Waals surface area contributed by atoms with Gasteiger partial charge in [-0.25, -0.2) is 4.39 Å². The third kappa shape index (κ3) is 6.45. The molecule has 0 atom stereocenters. The lowest BCUT2D eigenvalue weighted by molar-refractivity contribution is -0.147. The maximum absolute atomic E-state index is 13.6. The fraction of sp³-hybridized carbons (Fsp3) is 0.263. The number of nitrogens with one attached hydrogen (secondary N) is 1. The molecule has 0 aliphatic heterocycles. The average Bonchev–Trinajstić information content (AvgIpc) is 2.66. The Hall–Kier alpha value is -2.80. The molecule has 0 aliphatic rings. The van der Waals surface area contributed by atoms with Crippen molar-refractivity contribution in [3.05, 3.63) is 52.8 Å². The number of carbonyl (C=O) groups excluding carboxylic acids is 2. The van der Waals surface area contributed by atoms with Gasteiger partial charge in [0.25, 0.3) is 5.91 Å². The Morgan fingerprint density at radius 2 is 1.74 bits per heavy atom. The van der Waals surface area contributed by atoms with Crippen molar-refractivity contribution in [1.29, 1.82) is 0 Å². The van der Waals surface area contributed by atoms with Gasteiger partial charge >= 0.3 is 5.97 Å². The highest BCUT2D eigenvalue weighted by Crippen LogP contribution is 2.23. The van der Waals surface area contributed by atoms with E-state index in [1.54, 1.807) is 18.2 Å². The molecule has 0 aromatic heterocycles. The SMILES string of the molecule is COc1cc(CCC(=O)OCC(=O)Nc2ccc(Cl)cc2F)cc(OC)c1. The number of rotatable bonds is 8. The maximum Gasteiger partial charge on any atom is 0.306 e. The van der Waals surface area contributed by atoms with E-state index in [4.69, 9.17) is 25.8 Å². The van der Waals surface area contributed by atoms with Crippen molar-refractivity contribution in [3.8, 4) is 11.5 Å². The second-order valence-corrected chi connectivity index (χ2v) is 5.99. The molecular formula is C19H19ClFNO5. The van der Waals surface area contributed by atoms with E-state index in [2.05, 4.69) is 5.32 Å². The van der Waals surface area contributed by atoms with Crippen LogP contribution >= 0.6 is 11.6 Å². The average molecular weight is 396 g/mol. The zero-order valence-corrected chi connectivity index (χ0v) is 15.6. The summed E-state index contributed by atoms with van der Waals surface area (Å²) < 4.78 is 28.9. The molecule has 2 aromatic carbocycles. The van der Waals surface area contributed by atoms with Crippen LogP contribution in [0.2, 0.25) is 5.02 Å². The lowest BCUT2D eigenvalue weighted by Gasteiger charge is -2.09. The predicted molar refractivity (Wildman–Crippen MR) is 98.9 cm³/mol. The third-order valence-corrected chi connectivity index (χ3v) is 3.83. The van der Waals surface area contributed by atoms with Crippen LogP contribution in [0.5, 0.6) is 11.5 Å². The minimum atomic E-state index is -0.672. The van der Waals surface area contributed by atoms with Crippen molar-refractivity contribution in [3.63, 3.8) is 0 Å². The van der Waals surface area contributed by atoms with Crippen molar-refractivity contribution < 1.29 is 28.2 Å². The highest BCUT2D eigenvalue weighted by Gasteiger charge is 2.11. The van der Waals surface area contributed by atoms with Crippen LogP contribution in [0.4, 0.5) is 10.1 Å². The first-order valence-corrected chi connectivity index (χ1v) is 8.41. The van der Waals surface area contributed by atoms with Crippen molar-refractivity contribution >= 4 is 29.2 Å². The first-order valence-electron chi connectivity index (χ1n) is 8.03. The van der Waals surface area contributed by atoms with Crippen molar-refractivity contribution in [1.82, 2.24) is 0 Å². The van der Waals surface area contributed by atoms with Gasteiger partial charge in [0.2, 0.25) is 0 Å². The van der Waals surface area contributed by atoms with Gasteiger partial charge in [-0.1, -0.05) is 11.6 Å². The molecule has 0 fully saturated rings. The summed E-state index contributed by atoms with van der Waals surface area (Å²) in [6.45, 7) is -0.512. The quantitative estimate of drug-likeness (QED) is 0.691. The molecule has 0 unspecified atom stereocenters. The van der Waals surface area contributed by atoms with Crippen LogP contribution in [-0.4, -0.2) is 32.7 Å². The summed E-state index contributed by atoms with van der Waals surface area (Å²) in [5, 5.41) is 2.53. The van der Waals surface area contributed by atoms with E-state index in [0.717, 1.165) is 11.6 Å². The molecule has 6 nitrogen and oxygen atoms in total. The summed E-state index contributed by atoms with van der Waals surface area (Å²) in [7, 11) is 3.07. The Labute approximate surface area is 161 Å². The van der Waals surface area contributed by atoms with Crippen LogP contribution in [0, 0.1) is 5.82 Å². The number of anilines is 1. The van der Waals surface area contributed by atoms with Gasteiger partial charge in [0.05, 0.1) is 19.9 Å². The molecule has 0 saturated heterocycles. The van der Waals surface area contributed by atoms with Crippen LogP contribution in [0.25, 0.3) is 0 Å². The Morgan fingerprint density at radius 3 is 2.33 bits per heavy atom. The molecule has 0 spiro atoms. The summed E-state index contributed by atoms with van der Waals surface area (Å²) >= 11 is 5.64. The molecular weight excluding hydrogens is 377 g/mol. The summed E-state index contributed by atoms with van der Waals surface area (Å²) in [5.41, 5.74) is 0.791. The highest BCUT2D eigenvalue weighted by molar-refractivity contribution is 6.30. The van der Waals surface area contributed by atoms with Gasteiger partial charge < -0.3 is 19.5 Å². The normalized spacial score (nSPS) is 10.2. The number of esters is 1. The monoisotopic (exact) mass is 395 g/mol. The molecule has 144 valence electrons. The minimum absolute atomic E-state index is 0.0380. The number of hydrogen-bond acceptors (Lipinski definition) is 5. The second kappa shape index (κ2) is 9.78. The summed E-state index contributed by atoms with van der Waals surface area (Å²) in [5.74, 6) is -0.644. The van der Waals surface area contributed by atoms with E-state index in [-0.39, 0.29) is 17.1 Å². The highest BCUT2D eigenvalue weighted by atomic mass is 35.5. The Bertz CT molecular complexity index is 805. The number of methoxy groups -OCH3 is 2. The van der Waals surface area contributed by atoms with Crippen molar-refractivity contribution in [2.45, 2.75) is 12.8 Å². The summed E-state index contributed by atoms with van der Waals surface area (Å²) in [4.78, 5) is 23.6. The lowest BCUT2D eigenvalue weighted by atomic mass is 10.1. The Balaban J connectivity index is 1.81. The predicted octanol–water partition coefficient (Wildman–Crippen LogP) is 3.61. The van der Waals surface area contributed by atoms with Crippen LogP contribution in [0.1, 0.15) is 12.0 Å². The first kappa shape index (κ1) is 20.5. The lowest BCUT2D eigenvalue weighted by Crippen LogP contribution is -2.21. The van der Waals surface area contributed by atoms with E-state index < -0.39 is 24.3 Å². The number of halogens is 2. The molecule has 2 aromatic rings. The number of amides is 1. The van der Waals surface area contributed by atoms with E-state index in [1.807, 2.05) is 0 Å². The van der Waals surface area contributed by atoms with Crippen LogP contribution in [0.15, 0.2) is 36.4 Å². The van der Waals surface area contributed by atoms with E-state index in [9.17, 15) is 14.0 Å². The van der Waals surface area contributed by atoms with Crippen LogP contribution in [-0.2, 0) is 20.7 Å². The molecule has 2 rings (SSSR count). The fourth-order valence-electron chi connectivity index (χ4n) is 2.25. The standard InChI is InChI=1S/C19H19ClFNO5/c1-25-14-7-12(8-15(10-14)26-2)3-6-19(24)27-11-18(23)22-17-5-4-13(20)9-16(17)21/h4-5,7-10H,3,6,11H2,1-2H3,(H,22,23). The van der Waals surface area contributed by atoms with Gasteiger partial charge in [-0.05, 0) is 42.3 Å². The van der Waals surface area contributed by atoms with Gasteiger partial charge in [-0.15, -0.1) is 0 Å². The minimum Gasteiger partial charge on any atom is -0.497 e. The molecule has 0 aliphatic carbocycles. The molecule has 0 bridgehead atoms. The third-order valence-electron chi connectivity index (χ3n) is 3.60.